The highest BCUT2D eigenvalue weighted by Gasteiger charge is 2.28. The number of hydrogen-bond acceptors (Lipinski definition) is 4. The number of nitrogens with zero attached hydrogens (tertiary/aromatic N) is 1. The molecule has 0 aromatic heterocycles. The highest BCUT2D eigenvalue weighted by atomic mass is 35.5. The molecule has 0 amide bonds. The summed E-state index contributed by atoms with van der Waals surface area (Å²) in [6.07, 6.45) is 0. The Morgan fingerprint density at radius 2 is 1.94 bits per heavy atom. The number of anilines is 1. The third-order valence-corrected chi connectivity index (χ3v) is 6.19. The van der Waals surface area contributed by atoms with E-state index in [9.17, 15) is 8.42 Å². The van der Waals surface area contributed by atoms with Crippen LogP contribution in [-0.4, -0.2) is 37.3 Å². The number of nitrogens with two attached hydrogens (primary N) is 1. The van der Waals surface area contributed by atoms with Crippen LogP contribution in [0.3, 0.4) is 0 Å². The Bertz CT molecular complexity index is 554. The molecule has 0 aliphatic carbocycles. The Labute approximate surface area is 117 Å². The maximum Gasteiger partial charge on any atom is 0.243 e. The number of aryl methyl sites for hydroxylation is 1. The molecule has 1 aromatic carbocycles. The number of nitrogen functional groups attached to an aromatic ring is 1. The molecule has 0 radical (unpaired) electrons. The third-order valence-electron chi connectivity index (χ3n) is 2.88. The number of sulfonamides is 1. The first-order valence-electron chi connectivity index (χ1n) is 5.56. The largest absolute Gasteiger partial charge is 0.397 e. The molecule has 0 saturated carbocycles. The van der Waals surface area contributed by atoms with Crippen LogP contribution in [0, 0.1) is 6.92 Å². The molecule has 1 saturated heterocycles. The molecular formula is C11H15ClN2O2S2. The molecule has 1 fully saturated rings. The van der Waals surface area contributed by atoms with Crippen LogP contribution in [0.15, 0.2) is 17.0 Å². The molecule has 0 unspecified atom stereocenters. The van der Waals surface area contributed by atoms with Gasteiger partial charge < -0.3 is 5.73 Å². The predicted molar refractivity (Wildman–Crippen MR) is 76.7 cm³/mol. The van der Waals surface area contributed by atoms with Gasteiger partial charge in [-0.1, -0.05) is 11.6 Å². The van der Waals surface area contributed by atoms with Crippen molar-refractivity contribution in [3.63, 3.8) is 0 Å². The molecule has 1 aliphatic heterocycles. The molecule has 18 heavy (non-hydrogen) atoms. The van der Waals surface area contributed by atoms with E-state index >= 15 is 0 Å². The fourth-order valence-corrected chi connectivity index (χ4v) is 4.91. The van der Waals surface area contributed by atoms with Crippen molar-refractivity contribution in [1.82, 2.24) is 4.31 Å². The Morgan fingerprint density at radius 3 is 2.56 bits per heavy atom. The lowest BCUT2D eigenvalue weighted by atomic mass is 10.2. The van der Waals surface area contributed by atoms with E-state index in [1.54, 1.807) is 24.8 Å². The molecule has 1 heterocycles. The zero-order valence-electron chi connectivity index (χ0n) is 10.0. The molecule has 0 spiro atoms. The van der Waals surface area contributed by atoms with Crippen LogP contribution in [0.25, 0.3) is 0 Å². The van der Waals surface area contributed by atoms with Gasteiger partial charge in [-0.25, -0.2) is 8.42 Å². The van der Waals surface area contributed by atoms with E-state index < -0.39 is 10.0 Å². The molecular weight excluding hydrogens is 292 g/mol. The van der Waals surface area contributed by atoms with E-state index in [1.807, 2.05) is 0 Å². The quantitative estimate of drug-likeness (QED) is 0.849. The van der Waals surface area contributed by atoms with Crippen molar-refractivity contribution in [2.24, 2.45) is 0 Å². The van der Waals surface area contributed by atoms with Crippen molar-refractivity contribution in [2.45, 2.75) is 11.8 Å². The normalized spacial score (nSPS) is 17.9. The van der Waals surface area contributed by atoms with Crippen LogP contribution < -0.4 is 5.73 Å². The summed E-state index contributed by atoms with van der Waals surface area (Å²) in [5.74, 6) is 1.67. The smallest absolute Gasteiger partial charge is 0.243 e. The topological polar surface area (TPSA) is 63.4 Å². The zero-order valence-corrected chi connectivity index (χ0v) is 12.4. The average molecular weight is 307 g/mol. The maximum absolute atomic E-state index is 12.5. The molecule has 0 bridgehead atoms. The van der Waals surface area contributed by atoms with Gasteiger partial charge in [-0.05, 0) is 24.6 Å². The summed E-state index contributed by atoms with van der Waals surface area (Å²) in [6, 6.07) is 3.05. The highest BCUT2D eigenvalue weighted by Crippen LogP contribution is 2.29. The summed E-state index contributed by atoms with van der Waals surface area (Å²) in [5.41, 5.74) is 6.63. The van der Waals surface area contributed by atoms with Crippen molar-refractivity contribution >= 4 is 39.1 Å². The molecule has 0 atom stereocenters. The second-order valence-corrected chi connectivity index (χ2v) is 7.69. The summed E-state index contributed by atoms with van der Waals surface area (Å²) in [5, 5.41) is 0.389. The van der Waals surface area contributed by atoms with Gasteiger partial charge in [-0.15, -0.1) is 0 Å². The zero-order chi connectivity index (χ0) is 13.3. The number of hydrogen-bond donors (Lipinski definition) is 1. The van der Waals surface area contributed by atoms with Crippen LogP contribution >= 0.6 is 23.4 Å². The minimum atomic E-state index is -3.45. The number of rotatable bonds is 2. The van der Waals surface area contributed by atoms with Gasteiger partial charge in [0, 0.05) is 24.6 Å². The second kappa shape index (κ2) is 5.28. The summed E-state index contributed by atoms with van der Waals surface area (Å²) in [6.45, 7) is 2.83. The molecule has 4 nitrogen and oxygen atoms in total. The molecule has 2 rings (SSSR count). The van der Waals surface area contributed by atoms with Gasteiger partial charge in [0.05, 0.1) is 15.6 Å². The Kier molecular flexibility index (Phi) is 4.11. The minimum Gasteiger partial charge on any atom is -0.397 e. The summed E-state index contributed by atoms with van der Waals surface area (Å²) in [4.78, 5) is 0.260. The van der Waals surface area contributed by atoms with Crippen molar-refractivity contribution < 1.29 is 8.42 Å². The van der Waals surface area contributed by atoms with Crippen molar-refractivity contribution in [1.29, 1.82) is 0 Å². The standard InChI is InChI=1S/C11H15ClN2O2S2/c1-8-6-9(12)10(13)7-11(8)18(15,16)14-2-4-17-5-3-14/h6-7H,2-5,13H2,1H3. The highest BCUT2D eigenvalue weighted by molar-refractivity contribution is 7.99. The van der Waals surface area contributed by atoms with Crippen molar-refractivity contribution in [2.75, 3.05) is 30.3 Å². The summed E-state index contributed by atoms with van der Waals surface area (Å²) in [7, 11) is -3.45. The van der Waals surface area contributed by atoms with E-state index in [1.165, 1.54) is 10.4 Å². The van der Waals surface area contributed by atoms with Crippen LogP contribution in [0.2, 0.25) is 5.02 Å². The van der Waals surface area contributed by atoms with Gasteiger partial charge in [-0.2, -0.15) is 16.1 Å². The lowest BCUT2D eigenvalue weighted by Gasteiger charge is -2.26. The molecule has 1 aliphatic rings. The van der Waals surface area contributed by atoms with Crippen molar-refractivity contribution in [3.8, 4) is 0 Å². The van der Waals surface area contributed by atoms with Gasteiger partial charge in [-0.3, -0.25) is 0 Å². The lowest BCUT2D eigenvalue weighted by molar-refractivity contribution is 0.443. The van der Waals surface area contributed by atoms with Crippen LogP contribution in [0.5, 0.6) is 0 Å². The van der Waals surface area contributed by atoms with Gasteiger partial charge >= 0.3 is 0 Å². The summed E-state index contributed by atoms with van der Waals surface area (Å²) < 4.78 is 26.5. The van der Waals surface area contributed by atoms with E-state index in [0.717, 1.165) is 11.5 Å². The van der Waals surface area contributed by atoms with Gasteiger partial charge in [0.25, 0.3) is 0 Å². The molecule has 7 heteroatoms. The average Bonchev–Trinajstić information content (AvgIpc) is 2.34. The SMILES string of the molecule is Cc1cc(Cl)c(N)cc1S(=O)(=O)N1CCSCC1. The number of halogens is 1. The molecule has 2 N–H and O–H groups in total. The molecule has 1 aromatic rings. The first kappa shape index (κ1) is 14.0. The predicted octanol–water partition coefficient (Wildman–Crippen LogP) is 1.97. The minimum absolute atomic E-state index is 0.260. The monoisotopic (exact) mass is 306 g/mol. The second-order valence-electron chi connectivity index (χ2n) is 4.16. The third kappa shape index (κ3) is 2.61. The van der Waals surface area contributed by atoms with Gasteiger partial charge in [0.15, 0.2) is 0 Å². The van der Waals surface area contributed by atoms with Crippen LogP contribution in [0.4, 0.5) is 5.69 Å². The fraction of sp³-hybridized carbons (Fsp3) is 0.455. The van der Waals surface area contributed by atoms with Gasteiger partial charge in [0.1, 0.15) is 0 Å². The lowest BCUT2D eigenvalue weighted by Crippen LogP contribution is -2.38. The van der Waals surface area contributed by atoms with Crippen LogP contribution in [0.1, 0.15) is 5.56 Å². The number of benzene rings is 1. The van der Waals surface area contributed by atoms with E-state index in [0.29, 0.717) is 29.4 Å². The van der Waals surface area contributed by atoms with Gasteiger partial charge in [0.2, 0.25) is 10.0 Å². The van der Waals surface area contributed by atoms with Crippen molar-refractivity contribution in [3.05, 3.63) is 22.7 Å². The first-order valence-corrected chi connectivity index (χ1v) is 8.53. The Balaban J connectivity index is 2.43. The van der Waals surface area contributed by atoms with E-state index in [-0.39, 0.29) is 4.90 Å². The maximum atomic E-state index is 12.5. The number of thioether (sulfide) groups is 1. The summed E-state index contributed by atoms with van der Waals surface area (Å²) >= 11 is 7.65. The Morgan fingerprint density at radius 1 is 1.33 bits per heavy atom. The Hall–Kier alpha value is -0.430. The molecule has 100 valence electrons. The van der Waals surface area contributed by atoms with Crippen LogP contribution in [-0.2, 0) is 10.0 Å². The fourth-order valence-electron chi connectivity index (χ4n) is 1.87. The first-order chi connectivity index (χ1) is 8.43. The van der Waals surface area contributed by atoms with E-state index in [2.05, 4.69) is 0 Å². The van der Waals surface area contributed by atoms with E-state index in [4.69, 9.17) is 17.3 Å².